The van der Waals surface area contributed by atoms with E-state index in [0.717, 1.165) is 0 Å². The molecule has 1 atom stereocenters. The molecule has 1 aliphatic rings. The molecule has 1 aliphatic heterocycles. The van der Waals surface area contributed by atoms with Gasteiger partial charge in [0.25, 0.3) is 0 Å². The Morgan fingerprint density at radius 3 is 2.79 bits per heavy atom. The number of rotatable bonds is 5. The number of carbonyl (C=O) groups is 2. The molecule has 0 spiro atoms. The van der Waals surface area contributed by atoms with E-state index in [9.17, 15) is 14.0 Å². The maximum absolute atomic E-state index is 13.2. The van der Waals surface area contributed by atoms with E-state index in [1.165, 1.54) is 23.1 Å². The summed E-state index contributed by atoms with van der Waals surface area (Å²) < 4.78 is 15.2. The molecule has 1 aromatic heterocycles. The summed E-state index contributed by atoms with van der Waals surface area (Å²) in [5.74, 6) is -1.26. The largest absolute Gasteiger partial charge is 0.354 e. The predicted molar refractivity (Wildman–Crippen MR) is 89.3 cm³/mol. The minimum absolute atomic E-state index is 0.0417. The quantitative estimate of drug-likeness (QED) is 0.901. The third-order valence-electron chi connectivity index (χ3n) is 4.05. The van der Waals surface area contributed by atoms with Gasteiger partial charge in [0, 0.05) is 44.1 Å². The Morgan fingerprint density at radius 1 is 1.33 bits per heavy atom. The van der Waals surface area contributed by atoms with Crippen LogP contribution < -0.4 is 10.2 Å². The summed E-state index contributed by atoms with van der Waals surface area (Å²) in [6, 6.07) is 7.95. The van der Waals surface area contributed by atoms with Gasteiger partial charge in [-0.2, -0.15) is 0 Å². The highest BCUT2D eigenvalue weighted by Crippen LogP contribution is 2.28. The van der Waals surface area contributed by atoms with E-state index < -0.39 is 11.7 Å². The summed E-state index contributed by atoms with van der Waals surface area (Å²) >= 11 is 5.76. The van der Waals surface area contributed by atoms with Crippen LogP contribution in [0.4, 0.5) is 10.1 Å². The van der Waals surface area contributed by atoms with Gasteiger partial charge in [-0.3, -0.25) is 9.59 Å². The number of aromatic nitrogens is 1. The summed E-state index contributed by atoms with van der Waals surface area (Å²) in [4.78, 5) is 25.9. The predicted octanol–water partition coefficient (Wildman–Crippen LogP) is 2.45. The molecule has 0 radical (unpaired) electrons. The molecule has 0 bridgehead atoms. The molecule has 24 heavy (non-hydrogen) atoms. The highest BCUT2D eigenvalue weighted by Gasteiger charge is 2.35. The van der Waals surface area contributed by atoms with Crippen LogP contribution in [0.1, 0.15) is 6.42 Å². The first-order valence-electron chi connectivity index (χ1n) is 7.68. The van der Waals surface area contributed by atoms with Crippen molar-refractivity contribution in [2.24, 2.45) is 5.92 Å². The van der Waals surface area contributed by atoms with Gasteiger partial charge in [0.1, 0.15) is 5.82 Å². The van der Waals surface area contributed by atoms with Crippen molar-refractivity contribution in [3.05, 3.63) is 53.6 Å². The fourth-order valence-corrected chi connectivity index (χ4v) is 2.93. The van der Waals surface area contributed by atoms with Gasteiger partial charge in [0.2, 0.25) is 11.8 Å². The van der Waals surface area contributed by atoms with Gasteiger partial charge < -0.3 is 14.8 Å². The van der Waals surface area contributed by atoms with Crippen LogP contribution >= 0.6 is 11.6 Å². The molecule has 3 rings (SSSR count). The van der Waals surface area contributed by atoms with Gasteiger partial charge in [-0.15, -0.1) is 0 Å². The minimum atomic E-state index is -0.536. The first kappa shape index (κ1) is 16.5. The van der Waals surface area contributed by atoms with E-state index >= 15 is 0 Å². The van der Waals surface area contributed by atoms with E-state index in [-0.39, 0.29) is 29.8 Å². The monoisotopic (exact) mass is 349 g/mol. The zero-order chi connectivity index (χ0) is 17.1. The van der Waals surface area contributed by atoms with Crippen LogP contribution in [0.5, 0.6) is 0 Å². The van der Waals surface area contributed by atoms with Gasteiger partial charge >= 0.3 is 0 Å². The maximum atomic E-state index is 13.2. The van der Waals surface area contributed by atoms with Crippen molar-refractivity contribution in [1.82, 2.24) is 9.88 Å². The molecule has 7 heteroatoms. The first-order chi connectivity index (χ1) is 11.5. The van der Waals surface area contributed by atoms with Crippen molar-refractivity contribution in [2.45, 2.75) is 13.0 Å². The summed E-state index contributed by atoms with van der Waals surface area (Å²) in [6.45, 7) is 1.45. The Morgan fingerprint density at radius 2 is 2.08 bits per heavy atom. The van der Waals surface area contributed by atoms with E-state index in [1.54, 1.807) is 0 Å². The topological polar surface area (TPSA) is 54.3 Å². The first-order valence-corrected chi connectivity index (χ1v) is 8.06. The van der Waals surface area contributed by atoms with E-state index in [4.69, 9.17) is 11.6 Å². The average Bonchev–Trinajstić information content (AvgIpc) is 3.20. The minimum Gasteiger partial charge on any atom is -0.354 e. The number of anilines is 1. The van der Waals surface area contributed by atoms with Gasteiger partial charge in [-0.05, 0) is 30.3 Å². The van der Waals surface area contributed by atoms with E-state index in [0.29, 0.717) is 18.8 Å². The third-order valence-corrected chi connectivity index (χ3v) is 4.34. The molecule has 1 saturated heterocycles. The molecule has 0 saturated carbocycles. The number of benzene rings is 1. The van der Waals surface area contributed by atoms with Crippen LogP contribution in [-0.4, -0.2) is 29.5 Å². The van der Waals surface area contributed by atoms with Gasteiger partial charge in [0.15, 0.2) is 0 Å². The van der Waals surface area contributed by atoms with Crippen LogP contribution in [0.3, 0.4) is 0 Å². The third kappa shape index (κ3) is 3.59. The molecule has 0 aliphatic carbocycles. The van der Waals surface area contributed by atoms with Crippen LogP contribution in [0.15, 0.2) is 42.7 Å². The Labute approximate surface area is 144 Å². The highest BCUT2D eigenvalue weighted by atomic mass is 35.5. The molecule has 1 N–H and O–H groups in total. The van der Waals surface area contributed by atoms with Crippen molar-refractivity contribution < 1.29 is 14.0 Å². The fraction of sp³-hybridized carbons (Fsp3) is 0.294. The Hall–Kier alpha value is -2.34. The lowest BCUT2D eigenvalue weighted by Gasteiger charge is -2.17. The van der Waals surface area contributed by atoms with E-state index in [1.807, 2.05) is 29.1 Å². The molecule has 1 aromatic carbocycles. The zero-order valence-electron chi connectivity index (χ0n) is 12.9. The van der Waals surface area contributed by atoms with Crippen LogP contribution in [0.2, 0.25) is 5.02 Å². The SMILES string of the molecule is O=C(NCCn1cccc1)[C@@H]1CC(=O)N(c2ccc(F)c(Cl)c2)C1. The smallest absolute Gasteiger partial charge is 0.227 e. The van der Waals surface area contributed by atoms with Crippen LogP contribution in [-0.2, 0) is 16.1 Å². The summed E-state index contributed by atoms with van der Waals surface area (Å²) in [5, 5.41) is 2.81. The summed E-state index contributed by atoms with van der Waals surface area (Å²) in [7, 11) is 0. The van der Waals surface area contributed by atoms with Crippen molar-refractivity contribution >= 4 is 29.1 Å². The number of hydrogen-bond acceptors (Lipinski definition) is 2. The van der Waals surface area contributed by atoms with Gasteiger partial charge in [0.05, 0.1) is 10.9 Å². The Bertz CT molecular complexity index is 748. The fourth-order valence-electron chi connectivity index (χ4n) is 2.76. The Balaban J connectivity index is 1.57. The Kier molecular flexibility index (Phi) is 4.85. The van der Waals surface area contributed by atoms with Gasteiger partial charge in [-0.25, -0.2) is 4.39 Å². The van der Waals surface area contributed by atoms with Crippen molar-refractivity contribution in [3.8, 4) is 0 Å². The van der Waals surface area contributed by atoms with E-state index in [2.05, 4.69) is 5.32 Å². The number of amides is 2. The summed E-state index contributed by atoms with van der Waals surface area (Å²) in [6.07, 6.45) is 3.99. The number of carbonyl (C=O) groups excluding carboxylic acids is 2. The molecule has 2 aromatic rings. The lowest BCUT2D eigenvalue weighted by atomic mass is 10.1. The summed E-state index contributed by atoms with van der Waals surface area (Å²) in [5.41, 5.74) is 0.508. The van der Waals surface area contributed by atoms with Crippen molar-refractivity contribution in [3.63, 3.8) is 0 Å². The highest BCUT2D eigenvalue weighted by molar-refractivity contribution is 6.31. The number of nitrogens with one attached hydrogen (secondary N) is 1. The van der Waals surface area contributed by atoms with Crippen molar-refractivity contribution in [2.75, 3.05) is 18.0 Å². The molecule has 0 unspecified atom stereocenters. The lowest BCUT2D eigenvalue weighted by molar-refractivity contribution is -0.126. The zero-order valence-corrected chi connectivity index (χ0v) is 13.7. The molecule has 126 valence electrons. The molecule has 1 fully saturated rings. The molecular formula is C17H17ClFN3O2. The number of nitrogens with zero attached hydrogens (tertiary/aromatic N) is 2. The standard InChI is InChI=1S/C17H17ClFN3O2/c18-14-10-13(3-4-15(14)19)22-11-12(9-16(22)23)17(24)20-5-8-21-6-1-2-7-21/h1-4,6-7,10,12H,5,8-9,11H2,(H,20,24)/t12-/m1/s1. The lowest BCUT2D eigenvalue weighted by Crippen LogP contribution is -2.34. The molecular weight excluding hydrogens is 333 g/mol. The number of hydrogen-bond donors (Lipinski definition) is 1. The van der Waals surface area contributed by atoms with Crippen molar-refractivity contribution in [1.29, 1.82) is 0 Å². The van der Waals surface area contributed by atoms with Crippen LogP contribution in [0, 0.1) is 11.7 Å². The molecule has 2 amide bonds. The number of halogens is 2. The second-order valence-corrected chi connectivity index (χ2v) is 6.12. The second kappa shape index (κ2) is 7.05. The molecule has 5 nitrogen and oxygen atoms in total. The van der Waals surface area contributed by atoms with Gasteiger partial charge in [-0.1, -0.05) is 11.6 Å². The van der Waals surface area contributed by atoms with Crippen LogP contribution in [0.25, 0.3) is 0 Å². The average molecular weight is 350 g/mol. The normalized spacial score (nSPS) is 17.3. The maximum Gasteiger partial charge on any atom is 0.227 e. The second-order valence-electron chi connectivity index (χ2n) is 5.72. The molecule has 2 heterocycles.